The molecular weight excluding hydrogens is 272 g/mol. The number of hydrazine groups is 1. The SMILES string of the molecule is CC1CCC(CCNc2nc(NN)ncc2[N+](=O)[O-])CC1. The van der Waals surface area contributed by atoms with Crippen LogP contribution in [0.1, 0.15) is 39.0 Å². The number of nitrogens with two attached hydrogens (primary N) is 1. The number of nitro groups is 1. The van der Waals surface area contributed by atoms with Crippen molar-refractivity contribution in [2.75, 3.05) is 17.3 Å². The monoisotopic (exact) mass is 294 g/mol. The maximum absolute atomic E-state index is 11.0. The molecule has 1 aromatic rings. The van der Waals surface area contributed by atoms with E-state index >= 15 is 0 Å². The summed E-state index contributed by atoms with van der Waals surface area (Å²) >= 11 is 0. The molecule has 1 heterocycles. The molecule has 1 aliphatic carbocycles. The van der Waals surface area contributed by atoms with E-state index in [1.54, 1.807) is 0 Å². The topological polar surface area (TPSA) is 119 Å². The first-order chi connectivity index (χ1) is 10.1. The molecule has 0 spiro atoms. The Labute approximate surface area is 123 Å². The van der Waals surface area contributed by atoms with Crippen molar-refractivity contribution in [3.63, 3.8) is 0 Å². The Morgan fingerprint density at radius 2 is 2.14 bits per heavy atom. The fourth-order valence-electron chi connectivity index (χ4n) is 2.72. The van der Waals surface area contributed by atoms with Gasteiger partial charge in [0.05, 0.1) is 4.92 Å². The molecule has 1 aliphatic rings. The van der Waals surface area contributed by atoms with E-state index < -0.39 is 4.92 Å². The molecule has 8 nitrogen and oxygen atoms in total. The summed E-state index contributed by atoms with van der Waals surface area (Å²) in [6, 6.07) is 0. The van der Waals surface area contributed by atoms with Crippen LogP contribution in [0.5, 0.6) is 0 Å². The van der Waals surface area contributed by atoms with Crippen molar-refractivity contribution >= 4 is 17.5 Å². The van der Waals surface area contributed by atoms with Gasteiger partial charge in [0.25, 0.3) is 0 Å². The third kappa shape index (κ3) is 4.25. The smallest absolute Gasteiger partial charge is 0.329 e. The lowest BCUT2D eigenvalue weighted by Gasteiger charge is -2.26. The summed E-state index contributed by atoms with van der Waals surface area (Å²) in [5.74, 6) is 7.13. The van der Waals surface area contributed by atoms with Gasteiger partial charge < -0.3 is 5.32 Å². The van der Waals surface area contributed by atoms with Gasteiger partial charge in [0, 0.05) is 6.54 Å². The van der Waals surface area contributed by atoms with E-state index in [0.29, 0.717) is 12.5 Å². The van der Waals surface area contributed by atoms with E-state index in [2.05, 4.69) is 27.6 Å². The van der Waals surface area contributed by atoms with Crippen LogP contribution < -0.4 is 16.6 Å². The molecule has 0 amide bonds. The first-order valence-corrected chi connectivity index (χ1v) is 7.32. The van der Waals surface area contributed by atoms with Crippen LogP contribution >= 0.6 is 0 Å². The van der Waals surface area contributed by atoms with Gasteiger partial charge >= 0.3 is 5.69 Å². The molecule has 8 heteroatoms. The zero-order valence-electron chi connectivity index (χ0n) is 12.2. The van der Waals surface area contributed by atoms with Crippen LogP contribution in [0.3, 0.4) is 0 Å². The molecule has 1 fully saturated rings. The predicted molar refractivity (Wildman–Crippen MR) is 80.7 cm³/mol. The minimum atomic E-state index is -0.495. The third-order valence-electron chi connectivity index (χ3n) is 4.08. The van der Waals surface area contributed by atoms with Gasteiger partial charge in [-0.3, -0.25) is 15.5 Å². The zero-order valence-corrected chi connectivity index (χ0v) is 12.2. The summed E-state index contributed by atoms with van der Waals surface area (Å²) in [5.41, 5.74) is 2.16. The van der Waals surface area contributed by atoms with Gasteiger partial charge in [-0.1, -0.05) is 32.6 Å². The molecule has 0 aliphatic heterocycles. The first kappa shape index (κ1) is 15.4. The Bertz CT molecular complexity index is 488. The maximum Gasteiger partial charge on any atom is 0.329 e. The van der Waals surface area contributed by atoms with Gasteiger partial charge in [0.2, 0.25) is 11.8 Å². The number of aromatic nitrogens is 2. The predicted octanol–water partition coefficient (Wildman–Crippen LogP) is 2.30. The summed E-state index contributed by atoms with van der Waals surface area (Å²) < 4.78 is 0. The van der Waals surface area contributed by atoms with E-state index in [1.807, 2.05) is 0 Å². The first-order valence-electron chi connectivity index (χ1n) is 7.32. The average molecular weight is 294 g/mol. The van der Waals surface area contributed by atoms with Gasteiger partial charge in [0.15, 0.2) is 0 Å². The minimum absolute atomic E-state index is 0.133. The van der Waals surface area contributed by atoms with E-state index in [0.717, 1.165) is 18.5 Å². The van der Waals surface area contributed by atoms with Crippen molar-refractivity contribution in [1.29, 1.82) is 0 Å². The van der Waals surface area contributed by atoms with E-state index in [1.165, 1.54) is 25.7 Å². The molecule has 4 N–H and O–H groups in total. The van der Waals surface area contributed by atoms with Crippen LogP contribution in [0.25, 0.3) is 0 Å². The fraction of sp³-hybridized carbons (Fsp3) is 0.692. The van der Waals surface area contributed by atoms with Gasteiger partial charge in [-0.25, -0.2) is 10.8 Å². The zero-order chi connectivity index (χ0) is 15.2. The Kier molecular flexibility index (Phi) is 5.26. The molecule has 0 bridgehead atoms. The van der Waals surface area contributed by atoms with Crippen molar-refractivity contribution in [2.45, 2.75) is 39.0 Å². The highest BCUT2D eigenvalue weighted by atomic mass is 16.6. The molecule has 1 saturated carbocycles. The van der Waals surface area contributed by atoms with Crippen LogP contribution in [-0.4, -0.2) is 21.4 Å². The maximum atomic E-state index is 11.0. The van der Waals surface area contributed by atoms with E-state index in [4.69, 9.17) is 5.84 Å². The van der Waals surface area contributed by atoms with Gasteiger partial charge in [-0.05, 0) is 18.3 Å². The molecule has 0 aromatic carbocycles. The van der Waals surface area contributed by atoms with Gasteiger partial charge in [-0.15, -0.1) is 0 Å². The van der Waals surface area contributed by atoms with Crippen molar-refractivity contribution in [2.24, 2.45) is 17.7 Å². The standard InChI is InChI=1S/C13H22N6O2/c1-9-2-4-10(5-3-9)6-7-15-12-11(19(20)21)8-16-13(17-12)18-14/h8-10H,2-7,14H2,1H3,(H2,15,16,17,18). The number of rotatable bonds is 6. The van der Waals surface area contributed by atoms with Crippen LogP contribution in [0.15, 0.2) is 6.20 Å². The molecule has 116 valence electrons. The normalized spacial score (nSPS) is 21.8. The fourth-order valence-corrected chi connectivity index (χ4v) is 2.72. The minimum Gasteiger partial charge on any atom is -0.364 e. The second-order valence-corrected chi connectivity index (χ2v) is 5.67. The van der Waals surface area contributed by atoms with Gasteiger partial charge in [0.1, 0.15) is 6.20 Å². The second kappa shape index (κ2) is 7.16. The molecule has 1 aromatic heterocycles. The summed E-state index contributed by atoms with van der Waals surface area (Å²) in [4.78, 5) is 18.2. The number of hydrogen-bond donors (Lipinski definition) is 3. The highest BCUT2D eigenvalue weighted by Gasteiger charge is 2.20. The average Bonchev–Trinajstić information content (AvgIpc) is 2.49. The van der Waals surface area contributed by atoms with Crippen molar-refractivity contribution < 1.29 is 4.92 Å². The molecule has 0 saturated heterocycles. The molecular formula is C13H22N6O2. The van der Waals surface area contributed by atoms with Crippen LogP contribution in [0, 0.1) is 22.0 Å². The van der Waals surface area contributed by atoms with Crippen molar-refractivity contribution in [3.8, 4) is 0 Å². The van der Waals surface area contributed by atoms with E-state index in [-0.39, 0.29) is 17.5 Å². The third-order valence-corrected chi connectivity index (χ3v) is 4.08. The van der Waals surface area contributed by atoms with E-state index in [9.17, 15) is 10.1 Å². The molecule has 21 heavy (non-hydrogen) atoms. The second-order valence-electron chi connectivity index (χ2n) is 5.67. The number of nitrogen functional groups attached to an aromatic ring is 1. The summed E-state index contributed by atoms with van der Waals surface area (Å²) in [6.45, 7) is 2.96. The lowest BCUT2D eigenvalue weighted by Crippen LogP contribution is -2.17. The Balaban J connectivity index is 1.91. The highest BCUT2D eigenvalue weighted by molar-refractivity contribution is 5.56. The van der Waals surface area contributed by atoms with Crippen molar-refractivity contribution in [1.82, 2.24) is 9.97 Å². The Morgan fingerprint density at radius 1 is 1.43 bits per heavy atom. The summed E-state index contributed by atoms with van der Waals surface area (Å²) in [5, 5.41) is 14.0. The highest BCUT2D eigenvalue weighted by Crippen LogP contribution is 2.30. The van der Waals surface area contributed by atoms with Gasteiger partial charge in [-0.2, -0.15) is 4.98 Å². The van der Waals surface area contributed by atoms with Crippen LogP contribution in [-0.2, 0) is 0 Å². The van der Waals surface area contributed by atoms with Crippen molar-refractivity contribution in [3.05, 3.63) is 16.3 Å². The van der Waals surface area contributed by atoms with Crippen LogP contribution in [0.4, 0.5) is 17.5 Å². The lowest BCUT2D eigenvalue weighted by atomic mass is 9.81. The number of hydrogen-bond acceptors (Lipinski definition) is 7. The lowest BCUT2D eigenvalue weighted by molar-refractivity contribution is -0.384. The summed E-state index contributed by atoms with van der Waals surface area (Å²) in [7, 11) is 0. The Morgan fingerprint density at radius 3 is 2.76 bits per heavy atom. The number of nitrogens with one attached hydrogen (secondary N) is 2. The molecule has 0 atom stereocenters. The Hall–Kier alpha value is -1.96. The molecule has 2 rings (SSSR count). The largest absolute Gasteiger partial charge is 0.364 e. The molecule has 0 radical (unpaired) electrons. The molecule has 0 unspecified atom stereocenters. The van der Waals surface area contributed by atoms with Crippen LogP contribution in [0.2, 0.25) is 0 Å². The summed E-state index contributed by atoms with van der Waals surface area (Å²) in [6.07, 6.45) is 7.19. The number of anilines is 2. The number of nitrogens with zero attached hydrogens (tertiary/aromatic N) is 3. The quantitative estimate of drug-likeness (QED) is 0.418.